The second-order valence-electron chi connectivity index (χ2n) is 6.84. The number of halogens is 1. The number of nitrogens with zero attached hydrogens (tertiary/aromatic N) is 3. The first kappa shape index (κ1) is 19.4. The summed E-state index contributed by atoms with van der Waals surface area (Å²) >= 11 is 1.57. The van der Waals surface area contributed by atoms with Crippen molar-refractivity contribution in [3.05, 3.63) is 107 Å². The standard InChI is InChI=1S/C24H22FN3S/c1-2-18-11-13-22(14-12-18)28-23(16-19-7-4-3-5-8-19)26-27-24(28)29-17-20-9-6-10-21(25)15-20/h3-15H,2,16-17H2,1H3. The van der Waals surface area contributed by atoms with Crippen LogP contribution in [0.5, 0.6) is 0 Å². The maximum absolute atomic E-state index is 13.5. The number of rotatable bonds is 7. The van der Waals surface area contributed by atoms with E-state index in [9.17, 15) is 4.39 Å². The van der Waals surface area contributed by atoms with Gasteiger partial charge >= 0.3 is 0 Å². The number of thioether (sulfide) groups is 1. The minimum absolute atomic E-state index is 0.218. The molecule has 0 atom stereocenters. The van der Waals surface area contributed by atoms with Gasteiger partial charge in [-0.25, -0.2) is 4.39 Å². The number of aryl methyl sites for hydroxylation is 1. The average Bonchev–Trinajstić information content (AvgIpc) is 3.15. The van der Waals surface area contributed by atoms with E-state index < -0.39 is 0 Å². The molecule has 0 spiro atoms. The van der Waals surface area contributed by atoms with E-state index in [1.165, 1.54) is 17.2 Å². The highest BCUT2D eigenvalue weighted by molar-refractivity contribution is 7.98. The summed E-state index contributed by atoms with van der Waals surface area (Å²) in [6.45, 7) is 2.15. The van der Waals surface area contributed by atoms with Crippen molar-refractivity contribution in [2.24, 2.45) is 0 Å². The Labute approximate surface area is 174 Å². The zero-order valence-corrected chi connectivity index (χ0v) is 17.1. The average molecular weight is 404 g/mol. The highest BCUT2D eigenvalue weighted by atomic mass is 32.2. The molecule has 146 valence electrons. The van der Waals surface area contributed by atoms with Crippen molar-refractivity contribution in [3.8, 4) is 5.69 Å². The summed E-state index contributed by atoms with van der Waals surface area (Å²) in [6, 6.07) is 25.5. The van der Waals surface area contributed by atoms with Crippen molar-refractivity contribution in [2.75, 3.05) is 0 Å². The first-order valence-electron chi connectivity index (χ1n) is 9.67. The molecule has 0 amide bonds. The molecule has 0 aliphatic rings. The Morgan fingerprint density at radius 3 is 2.31 bits per heavy atom. The van der Waals surface area contributed by atoms with Gasteiger partial charge < -0.3 is 0 Å². The maximum atomic E-state index is 13.5. The van der Waals surface area contributed by atoms with Gasteiger partial charge in [0.2, 0.25) is 0 Å². The summed E-state index contributed by atoms with van der Waals surface area (Å²) in [5.74, 6) is 1.31. The van der Waals surface area contributed by atoms with E-state index in [1.54, 1.807) is 23.9 Å². The lowest BCUT2D eigenvalue weighted by atomic mass is 10.1. The number of aromatic nitrogens is 3. The Hall–Kier alpha value is -2.92. The number of hydrogen-bond donors (Lipinski definition) is 0. The molecule has 4 rings (SSSR count). The van der Waals surface area contributed by atoms with Crippen molar-refractivity contribution in [2.45, 2.75) is 30.7 Å². The molecule has 29 heavy (non-hydrogen) atoms. The third-order valence-electron chi connectivity index (χ3n) is 4.77. The lowest BCUT2D eigenvalue weighted by Gasteiger charge is -2.11. The Kier molecular flexibility index (Phi) is 6.06. The van der Waals surface area contributed by atoms with Crippen LogP contribution in [0.2, 0.25) is 0 Å². The van der Waals surface area contributed by atoms with Crippen molar-refractivity contribution in [1.82, 2.24) is 14.8 Å². The van der Waals surface area contributed by atoms with Crippen molar-refractivity contribution in [3.63, 3.8) is 0 Å². The summed E-state index contributed by atoms with van der Waals surface area (Å²) in [5, 5.41) is 9.74. The normalized spacial score (nSPS) is 11.0. The van der Waals surface area contributed by atoms with Crippen molar-refractivity contribution in [1.29, 1.82) is 0 Å². The fourth-order valence-electron chi connectivity index (χ4n) is 3.20. The molecule has 0 N–H and O–H groups in total. The third-order valence-corrected chi connectivity index (χ3v) is 5.77. The van der Waals surface area contributed by atoms with Crippen LogP contribution in [-0.2, 0) is 18.6 Å². The molecule has 0 aliphatic heterocycles. The zero-order valence-electron chi connectivity index (χ0n) is 16.3. The molecule has 5 heteroatoms. The molecule has 4 aromatic rings. The van der Waals surface area contributed by atoms with E-state index in [4.69, 9.17) is 0 Å². The molecule has 0 fully saturated rings. The van der Waals surface area contributed by atoms with E-state index in [0.29, 0.717) is 12.2 Å². The van der Waals surface area contributed by atoms with Crippen LogP contribution in [0.4, 0.5) is 4.39 Å². The summed E-state index contributed by atoms with van der Waals surface area (Å²) in [4.78, 5) is 0. The summed E-state index contributed by atoms with van der Waals surface area (Å²) in [5.41, 5.74) is 4.45. The van der Waals surface area contributed by atoms with Crippen LogP contribution in [0.15, 0.2) is 84.0 Å². The Bertz CT molecular complexity index is 1070. The largest absolute Gasteiger partial charge is 0.274 e. The molecule has 0 unspecified atom stereocenters. The molecule has 1 heterocycles. The zero-order chi connectivity index (χ0) is 20.1. The fourth-order valence-corrected chi connectivity index (χ4v) is 4.12. The summed E-state index contributed by atoms with van der Waals surface area (Å²) < 4.78 is 15.6. The maximum Gasteiger partial charge on any atom is 0.196 e. The highest BCUT2D eigenvalue weighted by Gasteiger charge is 2.15. The minimum atomic E-state index is -0.218. The molecule has 0 saturated carbocycles. The molecule has 0 saturated heterocycles. The molecule has 3 aromatic carbocycles. The fraction of sp³-hybridized carbons (Fsp3) is 0.167. The highest BCUT2D eigenvalue weighted by Crippen LogP contribution is 2.27. The predicted octanol–water partition coefficient (Wildman–Crippen LogP) is 5.85. The molecule has 1 aromatic heterocycles. The van der Waals surface area contributed by atoms with Crippen molar-refractivity contribution < 1.29 is 4.39 Å². The van der Waals surface area contributed by atoms with Crippen LogP contribution in [0, 0.1) is 5.82 Å². The summed E-state index contributed by atoms with van der Waals surface area (Å²) in [7, 11) is 0. The van der Waals surface area contributed by atoms with Crippen LogP contribution in [0.3, 0.4) is 0 Å². The van der Waals surface area contributed by atoms with Gasteiger partial charge in [0, 0.05) is 17.9 Å². The molecular weight excluding hydrogens is 381 g/mol. The second-order valence-corrected chi connectivity index (χ2v) is 7.78. The van der Waals surface area contributed by atoms with Crippen molar-refractivity contribution >= 4 is 11.8 Å². The van der Waals surface area contributed by atoms with Gasteiger partial charge in [0.25, 0.3) is 0 Å². The lowest BCUT2D eigenvalue weighted by Crippen LogP contribution is -2.04. The van der Waals surface area contributed by atoms with Gasteiger partial charge in [-0.3, -0.25) is 4.57 Å². The van der Waals surface area contributed by atoms with Gasteiger partial charge in [-0.05, 0) is 47.4 Å². The van der Waals surface area contributed by atoms with E-state index in [1.807, 2.05) is 24.3 Å². The molecule has 3 nitrogen and oxygen atoms in total. The first-order valence-corrected chi connectivity index (χ1v) is 10.7. The van der Waals surface area contributed by atoms with Gasteiger partial charge in [-0.2, -0.15) is 0 Å². The van der Waals surface area contributed by atoms with E-state index in [2.05, 4.69) is 58.1 Å². The van der Waals surface area contributed by atoms with Crippen LogP contribution in [0.25, 0.3) is 5.69 Å². The molecule has 0 bridgehead atoms. The molecular formula is C24H22FN3S. The van der Waals surface area contributed by atoms with E-state index >= 15 is 0 Å². The topological polar surface area (TPSA) is 30.7 Å². The SMILES string of the molecule is CCc1ccc(-n2c(Cc3ccccc3)nnc2SCc2cccc(F)c2)cc1. The first-order chi connectivity index (χ1) is 14.2. The predicted molar refractivity (Wildman–Crippen MR) is 116 cm³/mol. The van der Waals surface area contributed by atoms with Crippen LogP contribution >= 0.6 is 11.8 Å². The Balaban J connectivity index is 1.66. The van der Waals surface area contributed by atoms with Gasteiger partial charge in [-0.1, -0.05) is 73.3 Å². The van der Waals surface area contributed by atoms with Gasteiger partial charge in [-0.15, -0.1) is 10.2 Å². The molecule has 0 aliphatic carbocycles. The lowest BCUT2D eigenvalue weighted by molar-refractivity contribution is 0.626. The molecule has 0 radical (unpaired) electrons. The summed E-state index contributed by atoms with van der Waals surface area (Å²) in [6.07, 6.45) is 1.70. The minimum Gasteiger partial charge on any atom is -0.274 e. The monoisotopic (exact) mass is 403 g/mol. The number of benzene rings is 3. The smallest absolute Gasteiger partial charge is 0.196 e. The third kappa shape index (κ3) is 4.74. The van der Waals surface area contributed by atoms with Gasteiger partial charge in [0.1, 0.15) is 11.6 Å². The van der Waals surface area contributed by atoms with Crippen LogP contribution < -0.4 is 0 Å². The van der Waals surface area contributed by atoms with Crippen LogP contribution in [0.1, 0.15) is 29.4 Å². The van der Waals surface area contributed by atoms with E-state index in [0.717, 1.165) is 28.7 Å². The van der Waals surface area contributed by atoms with Crippen LogP contribution in [-0.4, -0.2) is 14.8 Å². The Morgan fingerprint density at radius 1 is 0.828 bits per heavy atom. The quantitative estimate of drug-likeness (QED) is 0.363. The van der Waals surface area contributed by atoms with Gasteiger partial charge in [0.15, 0.2) is 5.16 Å². The number of hydrogen-bond acceptors (Lipinski definition) is 3. The van der Waals surface area contributed by atoms with Gasteiger partial charge in [0.05, 0.1) is 0 Å². The Morgan fingerprint density at radius 2 is 1.59 bits per heavy atom. The van der Waals surface area contributed by atoms with E-state index in [-0.39, 0.29) is 5.82 Å². The second kappa shape index (κ2) is 9.05.